The highest BCUT2D eigenvalue weighted by Gasteiger charge is 2.35. The van der Waals surface area contributed by atoms with Crippen LogP contribution >= 0.6 is 0 Å². The standard InChI is InChI=1S/C17H28N2O2/c1-6-12-18-17(4,16(20)21-5)13-19(7-2)15-11-9-8-10-14(15)3/h8-11,18H,6-7,12-13H2,1-5H3. The smallest absolute Gasteiger partial charge is 0.327 e. The van der Waals surface area contributed by atoms with E-state index in [1.54, 1.807) is 0 Å². The predicted octanol–water partition coefficient (Wildman–Crippen LogP) is 2.75. The fraction of sp³-hybridized carbons (Fsp3) is 0.588. The third-order valence-corrected chi connectivity index (χ3v) is 3.75. The van der Waals surface area contributed by atoms with Gasteiger partial charge in [-0.3, -0.25) is 0 Å². The van der Waals surface area contributed by atoms with Crippen molar-refractivity contribution in [2.75, 3.05) is 31.6 Å². The SMILES string of the molecule is CCCNC(C)(CN(CC)c1ccccc1C)C(=O)OC. The minimum absolute atomic E-state index is 0.219. The molecular weight excluding hydrogens is 264 g/mol. The zero-order chi connectivity index (χ0) is 15.9. The second kappa shape index (κ2) is 8.03. The van der Waals surface area contributed by atoms with Crippen LogP contribution in [0.5, 0.6) is 0 Å². The molecule has 1 aromatic carbocycles. The normalized spacial score (nSPS) is 13.6. The summed E-state index contributed by atoms with van der Waals surface area (Å²) in [5, 5.41) is 3.33. The van der Waals surface area contributed by atoms with Gasteiger partial charge in [-0.1, -0.05) is 25.1 Å². The minimum atomic E-state index is -0.705. The summed E-state index contributed by atoms with van der Waals surface area (Å²) in [6, 6.07) is 8.24. The number of hydrogen-bond donors (Lipinski definition) is 1. The number of esters is 1. The molecule has 1 unspecified atom stereocenters. The predicted molar refractivity (Wildman–Crippen MR) is 87.8 cm³/mol. The molecular formula is C17H28N2O2. The third-order valence-electron chi connectivity index (χ3n) is 3.75. The molecule has 0 saturated heterocycles. The molecule has 4 nitrogen and oxygen atoms in total. The molecule has 0 aliphatic carbocycles. The fourth-order valence-corrected chi connectivity index (χ4v) is 2.49. The first-order chi connectivity index (χ1) is 9.98. The number of ether oxygens (including phenoxy) is 1. The van der Waals surface area contributed by atoms with Gasteiger partial charge in [0.05, 0.1) is 7.11 Å². The largest absolute Gasteiger partial charge is 0.468 e. The summed E-state index contributed by atoms with van der Waals surface area (Å²) in [6.45, 7) is 10.4. The van der Waals surface area contributed by atoms with Gasteiger partial charge in [-0.15, -0.1) is 0 Å². The Morgan fingerprint density at radius 2 is 2.00 bits per heavy atom. The highest BCUT2D eigenvalue weighted by molar-refractivity contribution is 5.81. The van der Waals surface area contributed by atoms with Crippen LogP contribution in [0.15, 0.2) is 24.3 Å². The van der Waals surface area contributed by atoms with E-state index in [1.165, 1.54) is 12.7 Å². The van der Waals surface area contributed by atoms with E-state index in [1.807, 2.05) is 19.1 Å². The van der Waals surface area contributed by atoms with Gasteiger partial charge < -0.3 is 15.0 Å². The highest BCUT2D eigenvalue weighted by Crippen LogP contribution is 2.22. The fourth-order valence-electron chi connectivity index (χ4n) is 2.49. The Balaban J connectivity index is 2.99. The molecule has 0 radical (unpaired) electrons. The Hall–Kier alpha value is -1.55. The first-order valence-electron chi connectivity index (χ1n) is 7.62. The molecule has 1 atom stereocenters. The van der Waals surface area contributed by atoms with E-state index >= 15 is 0 Å². The molecule has 1 aromatic rings. The Morgan fingerprint density at radius 3 is 2.52 bits per heavy atom. The van der Waals surface area contributed by atoms with Crippen molar-refractivity contribution in [1.29, 1.82) is 0 Å². The number of anilines is 1. The number of nitrogens with one attached hydrogen (secondary N) is 1. The Bertz CT molecular complexity index is 462. The van der Waals surface area contributed by atoms with Crippen molar-refractivity contribution in [3.63, 3.8) is 0 Å². The van der Waals surface area contributed by atoms with Crippen molar-refractivity contribution < 1.29 is 9.53 Å². The van der Waals surface area contributed by atoms with Gasteiger partial charge in [-0.2, -0.15) is 0 Å². The molecule has 0 amide bonds. The number of carbonyl (C=O) groups is 1. The van der Waals surface area contributed by atoms with Crippen LogP contribution in [0, 0.1) is 6.92 Å². The van der Waals surface area contributed by atoms with Crippen molar-refractivity contribution in [1.82, 2.24) is 5.32 Å². The lowest BCUT2D eigenvalue weighted by Crippen LogP contribution is -2.57. The van der Waals surface area contributed by atoms with E-state index in [4.69, 9.17) is 4.74 Å². The first kappa shape index (κ1) is 17.5. The number of rotatable bonds is 8. The average Bonchev–Trinajstić information content (AvgIpc) is 2.50. The van der Waals surface area contributed by atoms with Crippen molar-refractivity contribution >= 4 is 11.7 Å². The minimum Gasteiger partial charge on any atom is -0.468 e. The number of hydrogen-bond acceptors (Lipinski definition) is 4. The van der Waals surface area contributed by atoms with E-state index in [9.17, 15) is 4.79 Å². The van der Waals surface area contributed by atoms with Crippen molar-refractivity contribution in [2.45, 2.75) is 39.7 Å². The van der Waals surface area contributed by atoms with Gasteiger partial charge in [0.1, 0.15) is 5.54 Å². The number of likely N-dealkylation sites (N-methyl/N-ethyl adjacent to an activating group) is 1. The quantitative estimate of drug-likeness (QED) is 0.748. The third kappa shape index (κ3) is 4.46. The van der Waals surface area contributed by atoms with Gasteiger partial charge in [0, 0.05) is 18.8 Å². The second-order valence-corrected chi connectivity index (χ2v) is 5.55. The van der Waals surface area contributed by atoms with Gasteiger partial charge >= 0.3 is 5.97 Å². The average molecular weight is 292 g/mol. The summed E-state index contributed by atoms with van der Waals surface area (Å²) in [5.74, 6) is -0.219. The van der Waals surface area contributed by atoms with Gasteiger partial charge in [-0.05, 0) is 45.4 Å². The summed E-state index contributed by atoms with van der Waals surface area (Å²) >= 11 is 0. The van der Waals surface area contributed by atoms with E-state index < -0.39 is 5.54 Å². The van der Waals surface area contributed by atoms with Gasteiger partial charge in [0.2, 0.25) is 0 Å². The molecule has 0 aliphatic heterocycles. The number of para-hydroxylation sites is 1. The Kier molecular flexibility index (Phi) is 6.69. The molecule has 4 heteroatoms. The van der Waals surface area contributed by atoms with Gasteiger partial charge in [0.25, 0.3) is 0 Å². The maximum absolute atomic E-state index is 12.2. The number of aryl methyl sites for hydroxylation is 1. The molecule has 118 valence electrons. The molecule has 0 aromatic heterocycles. The lowest BCUT2D eigenvalue weighted by atomic mass is 10.0. The van der Waals surface area contributed by atoms with Crippen molar-refractivity contribution in [2.24, 2.45) is 0 Å². The molecule has 0 spiro atoms. The topological polar surface area (TPSA) is 41.6 Å². The lowest BCUT2D eigenvalue weighted by molar-refractivity contribution is -0.147. The van der Waals surface area contributed by atoms with Crippen LogP contribution < -0.4 is 10.2 Å². The van der Waals surface area contributed by atoms with Gasteiger partial charge in [-0.25, -0.2) is 4.79 Å². The number of carbonyl (C=O) groups excluding carboxylic acids is 1. The molecule has 21 heavy (non-hydrogen) atoms. The molecule has 0 fully saturated rings. The van der Waals surface area contributed by atoms with Crippen LogP contribution in [-0.4, -0.2) is 38.3 Å². The van der Waals surface area contributed by atoms with E-state index in [0.717, 1.165) is 25.2 Å². The molecule has 1 rings (SSSR count). The molecule has 0 heterocycles. The van der Waals surface area contributed by atoms with Crippen LogP contribution in [0.2, 0.25) is 0 Å². The van der Waals surface area contributed by atoms with E-state index in [-0.39, 0.29) is 5.97 Å². The van der Waals surface area contributed by atoms with Crippen molar-refractivity contribution in [3.8, 4) is 0 Å². The zero-order valence-corrected chi connectivity index (χ0v) is 13.9. The zero-order valence-electron chi connectivity index (χ0n) is 13.9. The molecule has 0 bridgehead atoms. The number of methoxy groups -OCH3 is 1. The van der Waals surface area contributed by atoms with E-state index in [0.29, 0.717) is 6.54 Å². The summed E-state index contributed by atoms with van der Waals surface area (Å²) in [5.41, 5.74) is 1.67. The highest BCUT2D eigenvalue weighted by atomic mass is 16.5. The van der Waals surface area contributed by atoms with Crippen LogP contribution in [0.3, 0.4) is 0 Å². The monoisotopic (exact) mass is 292 g/mol. The summed E-state index contributed by atoms with van der Waals surface area (Å²) in [6.07, 6.45) is 0.975. The van der Waals surface area contributed by atoms with E-state index in [2.05, 4.69) is 43.1 Å². The summed E-state index contributed by atoms with van der Waals surface area (Å²) < 4.78 is 5.00. The van der Waals surface area contributed by atoms with Gasteiger partial charge in [0.15, 0.2) is 0 Å². The van der Waals surface area contributed by atoms with Crippen LogP contribution in [0.4, 0.5) is 5.69 Å². The second-order valence-electron chi connectivity index (χ2n) is 5.55. The molecule has 0 aliphatic rings. The van der Waals surface area contributed by atoms with Crippen LogP contribution in [0.1, 0.15) is 32.8 Å². The lowest BCUT2D eigenvalue weighted by Gasteiger charge is -2.35. The summed E-state index contributed by atoms with van der Waals surface area (Å²) in [7, 11) is 1.44. The molecule has 1 N–H and O–H groups in total. The maximum atomic E-state index is 12.2. The molecule has 0 saturated carbocycles. The first-order valence-corrected chi connectivity index (χ1v) is 7.62. The maximum Gasteiger partial charge on any atom is 0.327 e. The number of nitrogens with zero attached hydrogens (tertiary/aromatic N) is 1. The summed E-state index contributed by atoms with van der Waals surface area (Å²) in [4.78, 5) is 14.4. The van der Waals surface area contributed by atoms with Crippen LogP contribution in [-0.2, 0) is 9.53 Å². The van der Waals surface area contributed by atoms with Crippen molar-refractivity contribution in [3.05, 3.63) is 29.8 Å². The van der Waals surface area contributed by atoms with Crippen LogP contribution in [0.25, 0.3) is 0 Å². The Morgan fingerprint density at radius 1 is 1.33 bits per heavy atom. The number of benzene rings is 1. The Labute approximate surface area is 128 Å².